The summed E-state index contributed by atoms with van der Waals surface area (Å²) in [6.45, 7) is 2.07. The van der Waals surface area contributed by atoms with Crippen LogP contribution in [-0.2, 0) is 6.42 Å². The van der Waals surface area contributed by atoms with Gasteiger partial charge in [-0.05, 0) is 43.0 Å². The van der Waals surface area contributed by atoms with Crippen molar-refractivity contribution in [1.82, 2.24) is 4.98 Å². The number of fused-ring (bicyclic) bond motifs is 3. The van der Waals surface area contributed by atoms with Gasteiger partial charge in [0.25, 0.3) is 0 Å². The lowest BCUT2D eigenvalue weighted by atomic mass is 9.89. The van der Waals surface area contributed by atoms with Gasteiger partial charge < -0.3 is 4.98 Å². The Morgan fingerprint density at radius 2 is 1.77 bits per heavy atom. The fourth-order valence-electron chi connectivity index (χ4n) is 3.19. The number of para-hydroxylation sites is 1. The van der Waals surface area contributed by atoms with Crippen LogP contribution >= 0.6 is 0 Å². The Morgan fingerprint density at radius 3 is 2.59 bits per heavy atom. The first-order chi connectivity index (χ1) is 10.7. The second-order valence-corrected chi connectivity index (χ2v) is 5.93. The maximum absolute atomic E-state index is 12.8. The predicted octanol–water partition coefficient (Wildman–Crippen LogP) is 4.69. The van der Waals surface area contributed by atoms with Crippen molar-refractivity contribution in [2.24, 2.45) is 0 Å². The number of hydrogen-bond donors (Lipinski definition) is 1. The maximum Gasteiger partial charge on any atom is 0.205 e. The molecule has 2 heteroatoms. The minimum atomic E-state index is 0.137. The van der Waals surface area contributed by atoms with E-state index in [4.69, 9.17) is 0 Å². The Hall–Kier alpha value is -2.61. The maximum atomic E-state index is 12.8. The Morgan fingerprint density at radius 1 is 1.00 bits per heavy atom. The van der Waals surface area contributed by atoms with E-state index in [2.05, 4.69) is 42.2 Å². The van der Waals surface area contributed by atoms with Crippen LogP contribution in [0.1, 0.15) is 33.6 Å². The molecule has 22 heavy (non-hydrogen) atoms. The SMILES string of the molecule is Cc1ccc(C=C2CCc3c([nH]c4ccccc34)C2=O)cc1. The van der Waals surface area contributed by atoms with Crippen LogP contribution < -0.4 is 0 Å². The molecular formula is C20H17NO. The normalized spacial score (nSPS) is 16.2. The third-order valence-electron chi connectivity index (χ3n) is 4.39. The van der Waals surface area contributed by atoms with E-state index < -0.39 is 0 Å². The van der Waals surface area contributed by atoms with E-state index in [1.54, 1.807) is 0 Å². The Balaban J connectivity index is 1.77. The van der Waals surface area contributed by atoms with Crippen molar-refractivity contribution in [3.63, 3.8) is 0 Å². The van der Waals surface area contributed by atoms with Crippen LogP contribution in [0, 0.1) is 6.92 Å². The van der Waals surface area contributed by atoms with Crippen molar-refractivity contribution in [2.45, 2.75) is 19.8 Å². The molecule has 1 N–H and O–H groups in total. The van der Waals surface area contributed by atoms with E-state index in [1.807, 2.05) is 24.3 Å². The summed E-state index contributed by atoms with van der Waals surface area (Å²) in [6.07, 6.45) is 3.75. The molecule has 3 aromatic rings. The number of benzene rings is 2. The highest BCUT2D eigenvalue weighted by Crippen LogP contribution is 2.32. The molecule has 0 spiro atoms. The number of allylic oxidation sites excluding steroid dienone is 1. The van der Waals surface area contributed by atoms with Gasteiger partial charge in [0.05, 0.1) is 5.69 Å². The van der Waals surface area contributed by atoms with E-state index in [1.165, 1.54) is 16.5 Å². The summed E-state index contributed by atoms with van der Waals surface area (Å²) in [5.74, 6) is 0.137. The summed E-state index contributed by atoms with van der Waals surface area (Å²) in [7, 11) is 0. The number of Topliss-reactive ketones (excluding diaryl/α,β-unsaturated/α-hetero) is 1. The van der Waals surface area contributed by atoms with E-state index in [0.29, 0.717) is 0 Å². The fourth-order valence-corrected chi connectivity index (χ4v) is 3.19. The van der Waals surface area contributed by atoms with Gasteiger partial charge in [-0.1, -0.05) is 48.0 Å². The number of aromatic amines is 1. The molecule has 1 aromatic heterocycles. The average Bonchev–Trinajstić information content (AvgIpc) is 2.92. The molecule has 2 nitrogen and oxygen atoms in total. The summed E-state index contributed by atoms with van der Waals surface area (Å²) < 4.78 is 0. The zero-order valence-corrected chi connectivity index (χ0v) is 12.5. The fraction of sp³-hybridized carbons (Fsp3) is 0.150. The lowest BCUT2D eigenvalue weighted by Gasteiger charge is -2.14. The number of carbonyl (C=O) groups is 1. The second-order valence-electron chi connectivity index (χ2n) is 5.93. The van der Waals surface area contributed by atoms with E-state index >= 15 is 0 Å². The van der Waals surface area contributed by atoms with Gasteiger partial charge in [-0.15, -0.1) is 0 Å². The number of ketones is 1. The Labute approximate surface area is 129 Å². The van der Waals surface area contributed by atoms with Crippen LogP contribution in [0.3, 0.4) is 0 Å². The molecule has 0 saturated heterocycles. The summed E-state index contributed by atoms with van der Waals surface area (Å²) in [5.41, 5.74) is 6.20. The number of carbonyl (C=O) groups excluding carboxylic acids is 1. The highest BCUT2D eigenvalue weighted by molar-refractivity contribution is 6.15. The molecule has 0 saturated carbocycles. The van der Waals surface area contributed by atoms with E-state index in [0.717, 1.165) is 35.2 Å². The third-order valence-corrected chi connectivity index (χ3v) is 4.39. The first kappa shape index (κ1) is 13.1. The molecule has 0 unspecified atom stereocenters. The van der Waals surface area contributed by atoms with Crippen LogP contribution in [0.2, 0.25) is 0 Å². The van der Waals surface area contributed by atoms with Crippen LogP contribution in [0.25, 0.3) is 17.0 Å². The molecule has 0 aliphatic heterocycles. The Bertz CT molecular complexity index is 897. The minimum Gasteiger partial charge on any atom is -0.352 e. The lowest BCUT2D eigenvalue weighted by Crippen LogP contribution is -2.13. The molecule has 0 radical (unpaired) electrons. The largest absolute Gasteiger partial charge is 0.352 e. The third kappa shape index (κ3) is 2.08. The van der Waals surface area contributed by atoms with Gasteiger partial charge in [0.2, 0.25) is 5.78 Å². The molecule has 0 atom stereocenters. The summed E-state index contributed by atoms with van der Waals surface area (Å²) in [4.78, 5) is 16.1. The quantitative estimate of drug-likeness (QED) is 0.647. The van der Waals surface area contributed by atoms with Crippen molar-refractivity contribution in [2.75, 3.05) is 0 Å². The number of aromatic nitrogens is 1. The highest BCUT2D eigenvalue weighted by Gasteiger charge is 2.25. The van der Waals surface area contributed by atoms with Gasteiger partial charge in [-0.3, -0.25) is 4.79 Å². The monoisotopic (exact) mass is 287 g/mol. The van der Waals surface area contributed by atoms with Crippen LogP contribution in [-0.4, -0.2) is 10.8 Å². The lowest BCUT2D eigenvalue weighted by molar-refractivity contribution is 0.102. The first-order valence-corrected chi connectivity index (χ1v) is 7.64. The minimum absolute atomic E-state index is 0.137. The average molecular weight is 287 g/mol. The molecule has 2 aromatic carbocycles. The van der Waals surface area contributed by atoms with Crippen molar-refractivity contribution in [1.29, 1.82) is 0 Å². The van der Waals surface area contributed by atoms with Crippen molar-refractivity contribution < 1.29 is 4.79 Å². The van der Waals surface area contributed by atoms with Crippen LogP contribution in [0.4, 0.5) is 0 Å². The van der Waals surface area contributed by atoms with Crippen LogP contribution in [0.15, 0.2) is 54.1 Å². The molecule has 108 valence electrons. The number of hydrogen-bond acceptors (Lipinski definition) is 1. The molecule has 0 fully saturated rings. The standard InChI is InChI=1S/C20H17NO/c1-13-6-8-14(9-7-13)12-15-10-11-17-16-4-2-3-5-18(16)21-19(17)20(15)22/h2-9,12,21H,10-11H2,1H3. The van der Waals surface area contributed by atoms with Gasteiger partial charge in [-0.25, -0.2) is 0 Å². The number of H-pyrrole nitrogens is 1. The van der Waals surface area contributed by atoms with Gasteiger partial charge in [0, 0.05) is 16.5 Å². The van der Waals surface area contributed by atoms with E-state index in [9.17, 15) is 4.79 Å². The van der Waals surface area contributed by atoms with Gasteiger partial charge in [-0.2, -0.15) is 0 Å². The summed E-state index contributed by atoms with van der Waals surface area (Å²) in [5, 5.41) is 1.18. The van der Waals surface area contributed by atoms with Crippen LogP contribution in [0.5, 0.6) is 0 Å². The molecule has 1 heterocycles. The van der Waals surface area contributed by atoms with E-state index in [-0.39, 0.29) is 5.78 Å². The van der Waals surface area contributed by atoms with Crippen molar-refractivity contribution in [3.8, 4) is 0 Å². The number of rotatable bonds is 1. The topological polar surface area (TPSA) is 32.9 Å². The predicted molar refractivity (Wildman–Crippen MR) is 90.1 cm³/mol. The van der Waals surface area contributed by atoms with Crippen molar-refractivity contribution in [3.05, 3.63) is 76.5 Å². The summed E-state index contributed by atoms with van der Waals surface area (Å²) >= 11 is 0. The number of aryl methyl sites for hydroxylation is 2. The molecule has 1 aliphatic rings. The molecule has 0 bridgehead atoms. The second kappa shape index (κ2) is 4.99. The summed E-state index contributed by atoms with van der Waals surface area (Å²) in [6, 6.07) is 16.4. The molecule has 0 amide bonds. The number of nitrogens with one attached hydrogen (secondary N) is 1. The molecular weight excluding hydrogens is 270 g/mol. The first-order valence-electron chi connectivity index (χ1n) is 7.64. The van der Waals surface area contributed by atoms with Gasteiger partial charge in [0.15, 0.2) is 0 Å². The molecule has 4 rings (SSSR count). The van der Waals surface area contributed by atoms with Gasteiger partial charge in [0.1, 0.15) is 0 Å². The highest BCUT2D eigenvalue weighted by atomic mass is 16.1. The smallest absolute Gasteiger partial charge is 0.205 e. The van der Waals surface area contributed by atoms with Crippen molar-refractivity contribution >= 4 is 22.8 Å². The Kier molecular flexibility index (Phi) is 2.97. The molecule has 1 aliphatic carbocycles. The zero-order valence-electron chi connectivity index (χ0n) is 12.5. The van der Waals surface area contributed by atoms with Gasteiger partial charge >= 0.3 is 0 Å². The zero-order chi connectivity index (χ0) is 15.1.